The average molecular weight is 250 g/mol. The molecule has 0 aromatic carbocycles. The van der Waals surface area contributed by atoms with E-state index in [-0.39, 0.29) is 24.4 Å². The van der Waals surface area contributed by atoms with Crippen LogP contribution in [0.15, 0.2) is 0 Å². The largest absolute Gasteiger partial charge is 0.376 e. The molecule has 6 nitrogen and oxygen atoms in total. The van der Waals surface area contributed by atoms with Crippen LogP contribution < -0.4 is 0 Å². The lowest BCUT2D eigenvalue weighted by Crippen LogP contribution is -2.49. The highest BCUT2D eigenvalue weighted by Crippen LogP contribution is 2.24. The van der Waals surface area contributed by atoms with Gasteiger partial charge in [0.15, 0.2) is 6.29 Å². The second-order valence-corrected chi connectivity index (χ2v) is 3.81. The molecular formula is C11H22O6. The third-order valence-corrected chi connectivity index (χ3v) is 3.06. The lowest BCUT2D eigenvalue weighted by molar-refractivity contribution is -0.210. The Kier molecular flexibility index (Phi) is 6.32. The smallest absolute Gasteiger partial charge is 0.186 e. The highest BCUT2D eigenvalue weighted by atomic mass is 16.7. The maximum absolute atomic E-state index is 5.59. The van der Waals surface area contributed by atoms with Gasteiger partial charge in [0.25, 0.3) is 0 Å². The van der Waals surface area contributed by atoms with Crippen LogP contribution in [-0.4, -0.2) is 72.9 Å². The quantitative estimate of drug-likeness (QED) is 0.687. The van der Waals surface area contributed by atoms with Crippen LogP contribution >= 0.6 is 0 Å². The van der Waals surface area contributed by atoms with Crippen molar-refractivity contribution in [2.24, 2.45) is 0 Å². The fraction of sp³-hybridized carbons (Fsp3) is 1.00. The number of methoxy groups -OCH3 is 5. The van der Waals surface area contributed by atoms with E-state index in [0.717, 1.165) is 0 Å². The molecule has 0 aromatic heterocycles. The summed E-state index contributed by atoms with van der Waals surface area (Å²) in [6.07, 6.45) is -1.67. The van der Waals surface area contributed by atoms with Gasteiger partial charge in [0.2, 0.25) is 0 Å². The van der Waals surface area contributed by atoms with Gasteiger partial charge in [-0.3, -0.25) is 0 Å². The molecule has 17 heavy (non-hydrogen) atoms. The highest BCUT2D eigenvalue weighted by molar-refractivity contribution is 4.89. The molecule has 5 atom stereocenters. The van der Waals surface area contributed by atoms with E-state index < -0.39 is 6.29 Å². The SMILES string of the molecule is CO[C@H]1OC[C@@H](OC)[C@H](OC)[C@H](OC)[C@H]1OC. The predicted molar refractivity (Wildman–Crippen MR) is 59.9 cm³/mol. The molecule has 0 aliphatic carbocycles. The van der Waals surface area contributed by atoms with Crippen LogP contribution in [0.3, 0.4) is 0 Å². The molecule has 0 unspecified atom stereocenters. The fourth-order valence-electron chi connectivity index (χ4n) is 2.14. The van der Waals surface area contributed by atoms with Crippen molar-refractivity contribution in [2.75, 3.05) is 42.2 Å². The van der Waals surface area contributed by atoms with Gasteiger partial charge in [0.1, 0.15) is 24.4 Å². The first kappa shape index (κ1) is 14.8. The number of ether oxygens (including phenoxy) is 6. The van der Waals surface area contributed by atoms with E-state index >= 15 is 0 Å². The molecule has 1 heterocycles. The molecule has 1 saturated heterocycles. The summed E-state index contributed by atoms with van der Waals surface area (Å²) in [7, 11) is 7.99. The van der Waals surface area contributed by atoms with Gasteiger partial charge in [-0.2, -0.15) is 0 Å². The van der Waals surface area contributed by atoms with Gasteiger partial charge in [-0.05, 0) is 0 Å². The zero-order valence-corrected chi connectivity index (χ0v) is 11.0. The van der Waals surface area contributed by atoms with Crippen molar-refractivity contribution >= 4 is 0 Å². The zero-order valence-electron chi connectivity index (χ0n) is 11.0. The molecule has 0 N–H and O–H groups in total. The first-order valence-corrected chi connectivity index (χ1v) is 5.49. The van der Waals surface area contributed by atoms with Crippen LogP contribution in [0, 0.1) is 0 Å². The zero-order chi connectivity index (χ0) is 12.8. The van der Waals surface area contributed by atoms with Gasteiger partial charge in [-0.25, -0.2) is 0 Å². The summed E-state index contributed by atoms with van der Waals surface area (Å²) in [5.41, 5.74) is 0. The van der Waals surface area contributed by atoms with Crippen LogP contribution in [0.4, 0.5) is 0 Å². The van der Waals surface area contributed by atoms with Gasteiger partial charge in [0, 0.05) is 35.5 Å². The fourth-order valence-corrected chi connectivity index (χ4v) is 2.14. The first-order valence-electron chi connectivity index (χ1n) is 5.49. The normalized spacial score (nSPS) is 39.0. The lowest BCUT2D eigenvalue weighted by atomic mass is 10.0. The average Bonchev–Trinajstić information content (AvgIpc) is 2.52. The van der Waals surface area contributed by atoms with Crippen molar-refractivity contribution in [2.45, 2.75) is 30.7 Å². The van der Waals surface area contributed by atoms with Crippen LogP contribution in [0.1, 0.15) is 0 Å². The van der Waals surface area contributed by atoms with E-state index in [4.69, 9.17) is 28.4 Å². The van der Waals surface area contributed by atoms with Gasteiger partial charge in [-0.1, -0.05) is 0 Å². The monoisotopic (exact) mass is 250 g/mol. The van der Waals surface area contributed by atoms with Gasteiger partial charge >= 0.3 is 0 Å². The summed E-state index contributed by atoms with van der Waals surface area (Å²) in [5, 5.41) is 0. The number of rotatable bonds is 5. The van der Waals surface area contributed by atoms with Crippen molar-refractivity contribution < 1.29 is 28.4 Å². The van der Waals surface area contributed by atoms with Crippen molar-refractivity contribution in [3.8, 4) is 0 Å². The van der Waals surface area contributed by atoms with Crippen molar-refractivity contribution in [3.05, 3.63) is 0 Å². The predicted octanol–water partition coefficient (Wildman–Crippen LogP) is 0.0491. The summed E-state index contributed by atoms with van der Waals surface area (Å²) in [5.74, 6) is 0. The molecule has 102 valence electrons. The summed E-state index contributed by atoms with van der Waals surface area (Å²) >= 11 is 0. The topological polar surface area (TPSA) is 55.4 Å². The van der Waals surface area contributed by atoms with Crippen LogP contribution in [0.5, 0.6) is 0 Å². The molecule has 0 bridgehead atoms. The van der Waals surface area contributed by atoms with E-state index in [0.29, 0.717) is 6.61 Å². The van der Waals surface area contributed by atoms with Crippen molar-refractivity contribution in [3.63, 3.8) is 0 Å². The summed E-state index contributed by atoms with van der Waals surface area (Å²) in [6.45, 7) is 0.368. The maximum Gasteiger partial charge on any atom is 0.186 e. The molecular weight excluding hydrogens is 228 g/mol. The van der Waals surface area contributed by atoms with Gasteiger partial charge in [-0.15, -0.1) is 0 Å². The Hall–Kier alpha value is -0.240. The van der Waals surface area contributed by atoms with E-state index in [2.05, 4.69) is 0 Å². The Bertz CT molecular complexity index is 192. The van der Waals surface area contributed by atoms with Crippen LogP contribution in [0.25, 0.3) is 0 Å². The highest BCUT2D eigenvalue weighted by Gasteiger charge is 2.44. The maximum atomic E-state index is 5.59. The third-order valence-electron chi connectivity index (χ3n) is 3.06. The Morgan fingerprint density at radius 2 is 1.29 bits per heavy atom. The minimum Gasteiger partial charge on any atom is -0.376 e. The molecule has 1 aliphatic rings. The summed E-state index contributed by atoms with van der Waals surface area (Å²) < 4.78 is 32.5. The Morgan fingerprint density at radius 3 is 1.71 bits per heavy atom. The third kappa shape index (κ3) is 3.15. The van der Waals surface area contributed by atoms with E-state index in [1.54, 1.807) is 35.5 Å². The van der Waals surface area contributed by atoms with Crippen molar-refractivity contribution in [1.29, 1.82) is 0 Å². The standard InChI is InChI=1S/C11H22O6/c1-12-7-6-17-11(16-5)10(15-4)9(14-3)8(7)13-2/h7-11H,6H2,1-5H3/t7-,8+,9+,10-,11+/m1/s1. The van der Waals surface area contributed by atoms with Crippen LogP contribution in [-0.2, 0) is 28.4 Å². The van der Waals surface area contributed by atoms with Gasteiger partial charge < -0.3 is 28.4 Å². The second kappa shape index (κ2) is 7.25. The van der Waals surface area contributed by atoms with Gasteiger partial charge in [0.05, 0.1) is 6.61 Å². The molecule has 0 amide bonds. The number of hydrogen-bond donors (Lipinski definition) is 0. The second-order valence-electron chi connectivity index (χ2n) is 3.81. The summed E-state index contributed by atoms with van der Waals surface area (Å²) in [6, 6.07) is 0. The Balaban J connectivity index is 2.92. The number of hydrogen-bond acceptors (Lipinski definition) is 6. The van der Waals surface area contributed by atoms with Crippen LogP contribution in [0.2, 0.25) is 0 Å². The molecule has 1 fully saturated rings. The van der Waals surface area contributed by atoms with E-state index in [1.807, 2.05) is 0 Å². The minimum atomic E-state index is -0.497. The molecule has 1 rings (SSSR count). The Labute approximate surface area is 102 Å². The molecule has 0 saturated carbocycles. The van der Waals surface area contributed by atoms with E-state index in [1.165, 1.54) is 0 Å². The summed E-state index contributed by atoms with van der Waals surface area (Å²) in [4.78, 5) is 0. The lowest BCUT2D eigenvalue weighted by Gasteiger charge is -2.32. The van der Waals surface area contributed by atoms with E-state index in [9.17, 15) is 0 Å². The minimum absolute atomic E-state index is 0.220. The van der Waals surface area contributed by atoms with Crippen molar-refractivity contribution in [1.82, 2.24) is 0 Å². The molecule has 1 aliphatic heterocycles. The first-order chi connectivity index (χ1) is 8.23. The Morgan fingerprint density at radius 1 is 0.706 bits per heavy atom. The molecule has 6 heteroatoms. The molecule has 0 aromatic rings. The molecule has 0 spiro atoms. The molecule has 0 radical (unpaired) electrons.